The SMILES string of the molecule is C=C(/C=C(N)\C(F)=C/C)c1nn(C)c2ncc(C3CC3)nc12. The number of rotatable bonds is 4. The van der Waals surface area contributed by atoms with Crippen molar-refractivity contribution in [1.82, 2.24) is 19.7 Å². The summed E-state index contributed by atoms with van der Waals surface area (Å²) in [6, 6.07) is 0. The third-order valence-electron chi connectivity index (χ3n) is 3.71. The molecule has 1 saturated carbocycles. The van der Waals surface area contributed by atoms with E-state index >= 15 is 0 Å². The molecule has 1 aliphatic rings. The number of fused-ring (bicyclic) bond motifs is 1. The molecule has 5 nitrogen and oxygen atoms in total. The third kappa shape index (κ3) is 2.52. The fourth-order valence-corrected chi connectivity index (χ4v) is 2.32. The molecule has 2 N–H and O–H groups in total. The predicted octanol–water partition coefficient (Wildman–Crippen LogP) is 2.97. The molecule has 0 spiro atoms. The van der Waals surface area contributed by atoms with E-state index in [1.165, 1.54) is 12.2 Å². The molecule has 0 aliphatic heterocycles. The van der Waals surface area contributed by atoms with Gasteiger partial charge in [0.2, 0.25) is 0 Å². The highest BCUT2D eigenvalue weighted by Crippen LogP contribution is 2.39. The number of hydrogen-bond donors (Lipinski definition) is 1. The standard InChI is InChI=1S/C16H18FN5/c1-4-11(17)12(18)7-9(2)14-15-16(22(3)21-14)19-8-13(20-15)10-5-6-10/h4,7-8,10H,2,5-6,18H2,1,3H3/b11-4+,12-7+. The second kappa shape index (κ2) is 5.36. The van der Waals surface area contributed by atoms with Crippen molar-refractivity contribution in [3.63, 3.8) is 0 Å². The van der Waals surface area contributed by atoms with Crippen molar-refractivity contribution in [2.45, 2.75) is 25.7 Å². The van der Waals surface area contributed by atoms with Crippen LogP contribution in [0.5, 0.6) is 0 Å². The minimum Gasteiger partial charge on any atom is -0.396 e. The molecule has 2 aromatic rings. The lowest BCUT2D eigenvalue weighted by molar-refractivity contribution is 0.646. The number of allylic oxidation sites excluding steroid dienone is 4. The highest BCUT2D eigenvalue weighted by Gasteiger charge is 2.26. The van der Waals surface area contributed by atoms with E-state index in [4.69, 9.17) is 5.73 Å². The van der Waals surface area contributed by atoms with Gasteiger partial charge < -0.3 is 5.73 Å². The van der Waals surface area contributed by atoms with E-state index in [2.05, 4.69) is 21.6 Å². The summed E-state index contributed by atoms with van der Waals surface area (Å²) in [5.74, 6) is 0.0189. The van der Waals surface area contributed by atoms with Crippen molar-refractivity contribution in [2.75, 3.05) is 0 Å². The largest absolute Gasteiger partial charge is 0.396 e. The van der Waals surface area contributed by atoms with Gasteiger partial charge in [-0.25, -0.2) is 19.0 Å². The summed E-state index contributed by atoms with van der Waals surface area (Å²) in [6.45, 7) is 5.53. The molecule has 2 heterocycles. The van der Waals surface area contributed by atoms with E-state index in [0.717, 1.165) is 18.5 Å². The second-order valence-corrected chi connectivity index (χ2v) is 5.48. The number of nitrogens with zero attached hydrogens (tertiary/aromatic N) is 4. The van der Waals surface area contributed by atoms with Gasteiger partial charge in [-0.15, -0.1) is 0 Å². The number of aromatic nitrogens is 4. The van der Waals surface area contributed by atoms with Gasteiger partial charge in [-0.05, 0) is 37.5 Å². The van der Waals surface area contributed by atoms with Gasteiger partial charge in [0.05, 0.1) is 17.6 Å². The van der Waals surface area contributed by atoms with E-state index in [0.29, 0.717) is 28.3 Å². The van der Waals surface area contributed by atoms with E-state index in [1.807, 2.05) is 0 Å². The Bertz CT molecular complexity index is 811. The predicted molar refractivity (Wildman–Crippen MR) is 84.4 cm³/mol. The first-order valence-corrected chi connectivity index (χ1v) is 7.19. The number of halogens is 1. The number of hydrogen-bond acceptors (Lipinski definition) is 4. The van der Waals surface area contributed by atoms with Crippen LogP contribution in [-0.4, -0.2) is 19.7 Å². The Balaban J connectivity index is 2.06. The average Bonchev–Trinajstić information content (AvgIpc) is 3.31. The van der Waals surface area contributed by atoms with Crippen molar-refractivity contribution in [3.05, 3.63) is 47.8 Å². The van der Waals surface area contributed by atoms with Crippen molar-refractivity contribution in [2.24, 2.45) is 12.8 Å². The van der Waals surface area contributed by atoms with Crippen LogP contribution in [0.2, 0.25) is 0 Å². The van der Waals surface area contributed by atoms with Gasteiger partial charge in [0.1, 0.15) is 17.0 Å². The molecule has 0 bridgehead atoms. The van der Waals surface area contributed by atoms with Crippen molar-refractivity contribution < 1.29 is 4.39 Å². The minimum absolute atomic E-state index is 0.0256. The van der Waals surface area contributed by atoms with Crippen LogP contribution in [-0.2, 0) is 7.05 Å². The van der Waals surface area contributed by atoms with E-state index < -0.39 is 5.83 Å². The molecule has 114 valence electrons. The molecule has 1 fully saturated rings. The maximum atomic E-state index is 13.5. The number of aryl methyl sites for hydroxylation is 1. The molecule has 6 heteroatoms. The summed E-state index contributed by atoms with van der Waals surface area (Å²) in [5.41, 5.74) is 9.16. The number of nitrogens with two attached hydrogens (primary N) is 1. The van der Waals surface area contributed by atoms with Crippen LogP contribution in [0.3, 0.4) is 0 Å². The van der Waals surface area contributed by atoms with Crippen LogP contribution in [0.4, 0.5) is 4.39 Å². The van der Waals surface area contributed by atoms with Gasteiger partial charge in [-0.2, -0.15) is 5.10 Å². The minimum atomic E-state index is -0.480. The molecule has 3 rings (SSSR count). The zero-order valence-corrected chi connectivity index (χ0v) is 12.7. The first kappa shape index (κ1) is 14.4. The normalized spacial score (nSPS) is 16.3. The maximum Gasteiger partial charge on any atom is 0.177 e. The zero-order chi connectivity index (χ0) is 15.9. The Morgan fingerprint density at radius 2 is 2.23 bits per heavy atom. The lowest BCUT2D eigenvalue weighted by Crippen LogP contribution is -1.99. The fraction of sp³-hybridized carbons (Fsp3) is 0.312. The van der Waals surface area contributed by atoms with Gasteiger partial charge in [0.15, 0.2) is 5.65 Å². The molecule has 0 unspecified atom stereocenters. The highest BCUT2D eigenvalue weighted by atomic mass is 19.1. The van der Waals surface area contributed by atoms with Crippen LogP contribution in [0.25, 0.3) is 16.7 Å². The smallest absolute Gasteiger partial charge is 0.177 e. The quantitative estimate of drug-likeness (QED) is 0.881. The van der Waals surface area contributed by atoms with Gasteiger partial charge in [-0.3, -0.25) is 0 Å². The van der Waals surface area contributed by atoms with Gasteiger partial charge >= 0.3 is 0 Å². The van der Waals surface area contributed by atoms with Crippen molar-refractivity contribution in [1.29, 1.82) is 0 Å². The molecule has 0 saturated heterocycles. The Kier molecular flexibility index (Phi) is 3.52. The molecule has 0 radical (unpaired) electrons. The molecule has 22 heavy (non-hydrogen) atoms. The lowest BCUT2D eigenvalue weighted by atomic mass is 10.1. The summed E-state index contributed by atoms with van der Waals surface area (Å²) < 4.78 is 15.1. The zero-order valence-electron chi connectivity index (χ0n) is 12.7. The Hall–Kier alpha value is -2.50. The molecular formula is C16H18FN5. The summed E-state index contributed by atoms with van der Waals surface area (Å²) >= 11 is 0. The maximum absolute atomic E-state index is 13.5. The van der Waals surface area contributed by atoms with E-state index in [1.54, 1.807) is 24.9 Å². The topological polar surface area (TPSA) is 69.6 Å². The second-order valence-electron chi connectivity index (χ2n) is 5.48. The monoisotopic (exact) mass is 299 g/mol. The molecule has 1 aliphatic carbocycles. The third-order valence-corrected chi connectivity index (χ3v) is 3.71. The molecule has 0 amide bonds. The first-order valence-electron chi connectivity index (χ1n) is 7.19. The molecular weight excluding hydrogens is 281 g/mol. The van der Waals surface area contributed by atoms with Crippen LogP contribution in [0.15, 0.2) is 36.5 Å². The first-order chi connectivity index (χ1) is 10.5. The summed E-state index contributed by atoms with van der Waals surface area (Å²) in [5, 5.41) is 4.40. The Morgan fingerprint density at radius 1 is 1.50 bits per heavy atom. The molecule has 2 aromatic heterocycles. The lowest BCUT2D eigenvalue weighted by Gasteiger charge is -2.01. The van der Waals surface area contributed by atoms with E-state index in [-0.39, 0.29) is 5.70 Å². The summed E-state index contributed by atoms with van der Waals surface area (Å²) in [6.07, 6.45) is 6.88. The van der Waals surface area contributed by atoms with Crippen LogP contribution >= 0.6 is 0 Å². The van der Waals surface area contributed by atoms with Crippen LogP contribution < -0.4 is 5.73 Å². The molecule has 0 aromatic carbocycles. The fourth-order valence-electron chi connectivity index (χ4n) is 2.32. The molecule has 0 atom stereocenters. The highest BCUT2D eigenvalue weighted by molar-refractivity contribution is 5.88. The van der Waals surface area contributed by atoms with Crippen LogP contribution in [0, 0.1) is 0 Å². The summed E-state index contributed by atoms with van der Waals surface area (Å²) in [7, 11) is 1.80. The Morgan fingerprint density at radius 3 is 2.86 bits per heavy atom. The van der Waals surface area contributed by atoms with Gasteiger partial charge in [0.25, 0.3) is 0 Å². The summed E-state index contributed by atoms with van der Waals surface area (Å²) in [4.78, 5) is 9.10. The van der Waals surface area contributed by atoms with Crippen molar-refractivity contribution in [3.8, 4) is 0 Å². The van der Waals surface area contributed by atoms with Crippen LogP contribution in [0.1, 0.15) is 37.1 Å². The van der Waals surface area contributed by atoms with Gasteiger partial charge in [-0.1, -0.05) is 6.58 Å². The van der Waals surface area contributed by atoms with Gasteiger partial charge in [0, 0.05) is 13.0 Å². The Labute approximate surface area is 128 Å². The average molecular weight is 299 g/mol. The van der Waals surface area contributed by atoms with Crippen molar-refractivity contribution >= 4 is 16.7 Å². The van der Waals surface area contributed by atoms with E-state index in [9.17, 15) is 4.39 Å².